The molecule has 1 aromatic heterocycles. The van der Waals surface area contributed by atoms with Crippen molar-refractivity contribution in [2.45, 2.75) is 25.9 Å². The van der Waals surface area contributed by atoms with E-state index in [-0.39, 0.29) is 43.3 Å². The summed E-state index contributed by atoms with van der Waals surface area (Å²) in [6, 6.07) is 2.93. The second-order valence-corrected chi connectivity index (χ2v) is 3.89. The van der Waals surface area contributed by atoms with Crippen LogP contribution in [0.5, 0.6) is 0 Å². The molecule has 1 amide bonds. The lowest BCUT2D eigenvalue weighted by molar-refractivity contribution is -0.141. The van der Waals surface area contributed by atoms with Crippen molar-refractivity contribution in [2.24, 2.45) is 5.73 Å². The van der Waals surface area contributed by atoms with E-state index in [1.165, 1.54) is 13.3 Å². The molecule has 0 saturated carbocycles. The summed E-state index contributed by atoms with van der Waals surface area (Å²) < 4.78 is 4.53. The zero-order chi connectivity index (χ0) is 13.5. The van der Waals surface area contributed by atoms with Gasteiger partial charge in [0.15, 0.2) is 0 Å². The number of rotatable bonds is 5. The van der Waals surface area contributed by atoms with Crippen molar-refractivity contribution in [1.82, 2.24) is 10.3 Å². The van der Waals surface area contributed by atoms with Crippen molar-refractivity contribution in [1.29, 1.82) is 0 Å². The smallest absolute Gasteiger partial charge is 0.307 e. The van der Waals surface area contributed by atoms with E-state index in [2.05, 4.69) is 15.0 Å². The van der Waals surface area contributed by atoms with Crippen molar-refractivity contribution in [3.8, 4) is 0 Å². The maximum atomic E-state index is 11.9. The molecule has 1 rings (SSSR count). The van der Waals surface area contributed by atoms with Crippen LogP contribution in [0.15, 0.2) is 18.3 Å². The van der Waals surface area contributed by atoms with E-state index in [9.17, 15) is 9.59 Å². The molecule has 0 bridgehead atoms. The zero-order valence-electron chi connectivity index (χ0n) is 10.9. The van der Waals surface area contributed by atoms with E-state index in [1.54, 1.807) is 19.1 Å². The largest absolute Gasteiger partial charge is 0.469 e. The molecular weight excluding hydrogens is 270 g/mol. The minimum atomic E-state index is -0.361. The fourth-order valence-corrected chi connectivity index (χ4v) is 1.42. The number of carbonyl (C=O) groups is 2. The number of methoxy groups -OCH3 is 1. The number of ether oxygens (including phenoxy) is 1. The van der Waals surface area contributed by atoms with Crippen molar-refractivity contribution in [3.63, 3.8) is 0 Å². The molecule has 0 fully saturated rings. The molecule has 0 radical (unpaired) electrons. The Bertz CT molecular complexity index is 440. The Morgan fingerprint density at radius 1 is 1.53 bits per heavy atom. The third kappa shape index (κ3) is 5.67. The average molecular weight is 288 g/mol. The van der Waals surface area contributed by atoms with Gasteiger partial charge in [-0.25, -0.2) is 0 Å². The van der Waals surface area contributed by atoms with Gasteiger partial charge in [-0.1, -0.05) is 0 Å². The first-order valence-electron chi connectivity index (χ1n) is 5.59. The van der Waals surface area contributed by atoms with Crippen LogP contribution in [0.25, 0.3) is 0 Å². The van der Waals surface area contributed by atoms with Crippen molar-refractivity contribution in [2.75, 3.05) is 7.11 Å². The number of nitrogens with zero attached hydrogens (tertiary/aromatic N) is 1. The summed E-state index contributed by atoms with van der Waals surface area (Å²) in [6.07, 6.45) is 1.67. The molecule has 19 heavy (non-hydrogen) atoms. The number of amides is 1. The van der Waals surface area contributed by atoms with Crippen molar-refractivity contribution < 1.29 is 14.3 Å². The Morgan fingerprint density at radius 3 is 2.79 bits per heavy atom. The van der Waals surface area contributed by atoms with Gasteiger partial charge in [-0.05, 0) is 19.1 Å². The summed E-state index contributed by atoms with van der Waals surface area (Å²) in [5.74, 6) is -0.622. The number of nitrogens with two attached hydrogens (primary N) is 1. The number of hydrogen-bond acceptors (Lipinski definition) is 5. The fraction of sp³-hybridized carbons (Fsp3) is 0.417. The van der Waals surface area contributed by atoms with Crippen LogP contribution < -0.4 is 11.1 Å². The summed E-state index contributed by atoms with van der Waals surface area (Å²) in [4.78, 5) is 26.9. The van der Waals surface area contributed by atoms with E-state index in [1.807, 2.05) is 0 Å². The Hall–Kier alpha value is -1.66. The zero-order valence-corrected chi connectivity index (χ0v) is 11.7. The second kappa shape index (κ2) is 8.44. The van der Waals surface area contributed by atoms with Gasteiger partial charge in [-0.3, -0.25) is 14.6 Å². The van der Waals surface area contributed by atoms with Crippen LogP contribution in [-0.4, -0.2) is 30.0 Å². The molecule has 0 aliphatic heterocycles. The molecule has 1 aromatic rings. The molecule has 0 aliphatic carbocycles. The fourth-order valence-electron chi connectivity index (χ4n) is 1.42. The highest BCUT2D eigenvalue weighted by atomic mass is 35.5. The van der Waals surface area contributed by atoms with Crippen molar-refractivity contribution in [3.05, 3.63) is 29.6 Å². The maximum absolute atomic E-state index is 11.9. The molecule has 0 saturated heterocycles. The SMILES string of the molecule is COC(=O)CC(C)NC(=O)c1ccnc(CN)c1.Cl. The number of nitrogens with one attached hydrogen (secondary N) is 1. The van der Waals surface area contributed by atoms with Gasteiger partial charge in [0.2, 0.25) is 0 Å². The molecule has 7 heteroatoms. The van der Waals surface area contributed by atoms with Crippen LogP contribution in [0.4, 0.5) is 0 Å². The monoisotopic (exact) mass is 287 g/mol. The minimum absolute atomic E-state index is 0. The lowest BCUT2D eigenvalue weighted by Gasteiger charge is -2.12. The first-order valence-corrected chi connectivity index (χ1v) is 5.59. The Morgan fingerprint density at radius 2 is 2.21 bits per heavy atom. The summed E-state index contributed by atoms with van der Waals surface area (Å²) in [6.45, 7) is 2.01. The Kier molecular flexibility index (Phi) is 7.71. The molecular formula is C12H18ClN3O3. The first-order chi connectivity index (χ1) is 8.56. The lowest BCUT2D eigenvalue weighted by Crippen LogP contribution is -2.34. The predicted octanol–water partition coefficient (Wildman–Crippen LogP) is 0.643. The van der Waals surface area contributed by atoms with Gasteiger partial charge in [0, 0.05) is 24.3 Å². The molecule has 0 aromatic carbocycles. The van der Waals surface area contributed by atoms with Gasteiger partial charge in [0.05, 0.1) is 19.2 Å². The predicted molar refractivity (Wildman–Crippen MR) is 72.9 cm³/mol. The van der Waals surface area contributed by atoms with Crippen LogP contribution >= 0.6 is 12.4 Å². The topological polar surface area (TPSA) is 94.3 Å². The normalized spacial score (nSPS) is 11.1. The summed E-state index contributed by atoms with van der Waals surface area (Å²) >= 11 is 0. The molecule has 0 spiro atoms. The lowest BCUT2D eigenvalue weighted by atomic mass is 10.2. The van der Waals surface area contributed by atoms with Crippen LogP contribution in [0.1, 0.15) is 29.4 Å². The number of esters is 1. The van der Waals surface area contributed by atoms with Gasteiger partial charge >= 0.3 is 5.97 Å². The molecule has 3 N–H and O–H groups in total. The van der Waals surface area contributed by atoms with Crippen molar-refractivity contribution >= 4 is 24.3 Å². The van der Waals surface area contributed by atoms with E-state index in [4.69, 9.17) is 5.73 Å². The van der Waals surface area contributed by atoms with Gasteiger partial charge in [0.25, 0.3) is 5.91 Å². The third-order valence-corrected chi connectivity index (χ3v) is 2.37. The van der Waals surface area contributed by atoms with Crippen LogP contribution in [0, 0.1) is 0 Å². The van der Waals surface area contributed by atoms with E-state index >= 15 is 0 Å². The van der Waals surface area contributed by atoms with Gasteiger partial charge < -0.3 is 15.8 Å². The highest BCUT2D eigenvalue weighted by Gasteiger charge is 2.13. The minimum Gasteiger partial charge on any atom is -0.469 e. The highest BCUT2D eigenvalue weighted by molar-refractivity contribution is 5.94. The van der Waals surface area contributed by atoms with Gasteiger partial charge in [-0.2, -0.15) is 0 Å². The molecule has 1 atom stereocenters. The van der Waals surface area contributed by atoms with Crippen LogP contribution in [-0.2, 0) is 16.1 Å². The number of pyridine rings is 1. The van der Waals surface area contributed by atoms with E-state index in [0.717, 1.165) is 0 Å². The Labute approximate surface area is 118 Å². The standard InChI is InChI=1S/C12H17N3O3.ClH/c1-8(5-11(16)18-2)15-12(17)9-3-4-14-10(6-9)7-13;/h3-4,6,8H,5,7,13H2,1-2H3,(H,15,17);1H. The quantitative estimate of drug-likeness (QED) is 0.775. The summed E-state index contributed by atoms with van der Waals surface area (Å²) in [7, 11) is 1.31. The average Bonchev–Trinajstić information content (AvgIpc) is 2.38. The Balaban J connectivity index is 0.00000324. The van der Waals surface area contributed by atoms with E-state index < -0.39 is 0 Å². The van der Waals surface area contributed by atoms with E-state index in [0.29, 0.717) is 11.3 Å². The first kappa shape index (κ1) is 17.3. The number of carbonyl (C=O) groups excluding carboxylic acids is 2. The van der Waals surface area contributed by atoms with Gasteiger partial charge in [-0.15, -0.1) is 12.4 Å². The molecule has 0 aliphatic rings. The molecule has 1 unspecified atom stereocenters. The third-order valence-electron chi connectivity index (χ3n) is 2.37. The second-order valence-electron chi connectivity index (χ2n) is 3.89. The highest BCUT2D eigenvalue weighted by Crippen LogP contribution is 2.03. The summed E-state index contributed by atoms with van der Waals surface area (Å²) in [5, 5.41) is 2.70. The number of aromatic nitrogens is 1. The van der Waals surface area contributed by atoms with Crippen LogP contribution in [0.3, 0.4) is 0 Å². The summed E-state index contributed by atoms with van der Waals surface area (Å²) in [5.41, 5.74) is 6.56. The van der Waals surface area contributed by atoms with Gasteiger partial charge in [0.1, 0.15) is 0 Å². The molecule has 106 valence electrons. The number of hydrogen-bond donors (Lipinski definition) is 2. The number of halogens is 1. The van der Waals surface area contributed by atoms with Crippen LogP contribution in [0.2, 0.25) is 0 Å². The molecule has 6 nitrogen and oxygen atoms in total. The molecule has 1 heterocycles. The maximum Gasteiger partial charge on any atom is 0.307 e.